The average Bonchev–Trinajstić information content (AvgIpc) is 3.12. The molecule has 2 aromatic rings. The molecule has 0 fully saturated rings. The van der Waals surface area contributed by atoms with E-state index in [1.165, 1.54) is 12.8 Å². The highest BCUT2D eigenvalue weighted by Crippen LogP contribution is 2.07. The number of unbranched alkanes of at least 4 members (excludes halogenated alkanes) is 3. The summed E-state index contributed by atoms with van der Waals surface area (Å²) in [7, 11) is 0. The van der Waals surface area contributed by atoms with Gasteiger partial charge in [0.05, 0.1) is 12.1 Å². The van der Waals surface area contributed by atoms with Crippen molar-refractivity contribution in [1.29, 1.82) is 0 Å². The third kappa shape index (κ3) is 4.92. The zero-order valence-electron chi connectivity index (χ0n) is 12.2. The topological polar surface area (TPSA) is 60.9 Å². The largest absolute Gasteiger partial charge is 0.456 e. The highest BCUT2D eigenvalue weighted by atomic mass is 16.3. The van der Waals surface area contributed by atoms with Crippen molar-refractivity contribution >= 4 is 6.29 Å². The number of carbonyl (C=O) groups excluding carboxylic acids is 1. The molecule has 0 aliphatic carbocycles. The molecule has 0 saturated carbocycles. The number of rotatable bonds is 7. The first-order valence-corrected chi connectivity index (χ1v) is 7.20. The Morgan fingerprint density at radius 1 is 1.33 bits per heavy atom. The van der Waals surface area contributed by atoms with E-state index >= 15 is 0 Å². The van der Waals surface area contributed by atoms with Crippen LogP contribution in [0.15, 0.2) is 22.7 Å². The Balaban J connectivity index is 1.82. The van der Waals surface area contributed by atoms with Crippen LogP contribution in [-0.2, 0) is 13.0 Å². The van der Waals surface area contributed by atoms with Gasteiger partial charge in [-0.2, -0.15) is 0 Å². The quantitative estimate of drug-likeness (QED) is 0.446. The summed E-state index contributed by atoms with van der Waals surface area (Å²) in [5, 5.41) is 8.10. The van der Waals surface area contributed by atoms with Gasteiger partial charge in [-0.15, -0.1) is 11.0 Å². The monoisotopic (exact) mass is 285 g/mol. The Kier molecular flexibility index (Phi) is 5.77. The molecule has 5 nitrogen and oxygen atoms in total. The van der Waals surface area contributed by atoms with E-state index in [2.05, 4.69) is 29.1 Å². The first-order valence-electron chi connectivity index (χ1n) is 7.20. The molecule has 0 saturated heterocycles. The molecule has 0 atom stereocenters. The number of carbonyl (C=O) groups is 1. The van der Waals surface area contributed by atoms with Crippen LogP contribution in [0, 0.1) is 11.8 Å². The van der Waals surface area contributed by atoms with Crippen molar-refractivity contribution in [2.24, 2.45) is 0 Å². The lowest BCUT2D eigenvalue weighted by Gasteiger charge is -1.94. The van der Waals surface area contributed by atoms with Gasteiger partial charge < -0.3 is 4.42 Å². The van der Waals surface area contributed by atoms with E-state index in [9.17, 15) is 4.79 Å². The van der Waals surface area contributed by atoms with Crippen LogP contribution in [0.5, 0.6) is 0 Å². The summed E-state index contributed by atoms with van der Waals surface area (Å²) >= 11 is 0. The molecule has 0 bridgehead atoms. The van der Waals surface area contributed by atoms with Crippen molar-refractivity contribution in [1.82, 2.24) is 15.0 Å². The second kappa shape index (κ2) is 8.05. The fraction of sp³-hybridized carbons (Fsp3) is 0.438. The Bertz CT molecular complexity index is 631. The SMILES string of the molecule is CCCCCC#CCc1cn(Cc2ccc(C=O)o2)nn1. The maximum atomic E-state index is 10.5. The van der Waals surface area contributed by atoms with Gasteiger partial charge >= 0.3 is 0 Å². The van der Waals surface area contributed by atoms with E-state index in [-0.39, 0.29) is 0 Å². The van der Waals surface area contributed by atoms with Crippen molar-refractivity contribution in [3.8, 4) is 11.8 Å². The van der Waals surface area contributed by atoms with Crippen LogP contribution in [-0.4, -0.2) is 21.3 Å². The van der Waals surface area contributed by atoms with Gasteiger partial charge in [-0.05, 0) is 18.6 Å². The van der Waals surface area contributed by atoms with Crippen molar-refractivity contribution < 1.29 is 9.21 Å². The molecule has 2 aromatic heterocycles. The van der Waals surface area contributed by atoms with Gasteiger partial charge in [-0.1, -0.05) is 30.9 Å². The van der Waals surface area contributed by atoms with Gasteiger partial charge in [0.1, 0.15) is 12.3 Å². The van der Waals surface area contributed by atoms with Crippen LogP contribution in [0.2, 0.25) is 0 Å². The standard InChI is InChI=1S/C16H19N3O2/c1-2-3-4-5-6-7-8-14-11-19(18-17-14)12-15-9-10-16(13-20)21-15/h9-11,13H,2-5,8,12H2,1H3. The summed E-state index contributed by atoms with van der Waals surface area (Å²) in [5.74, 6) is 7.27. The summed E-state index contributed by atoms with van der Waals surface area (Å²) in [6.07, 6.45) is 7.71. The van der Waals surface area contributed by atoms with E-state index in [4.69, 9.17) is 4.42 Å². The zero-order chi connectivity index (χ0) is 14.9. The first-order chi connectivity index (χ1) is 10.3. The molecule has 110 valence electrons. The van der Waals surface area contributed by atoms with Gasteiger partial charge in [-0.25, -0.2) is 4.68 Å². The van der Waals surface area contributed by atoms with E-state index in [1.807, 2.05) is 6.20 Å². The lowest BCUT2D eigenvalue weighted by atomic mass is 10.2. The molecule has 0 spiro atoms. The lowest BCUT2D eigenvalue weighted by molar-refractivity contribution is 0.109. The van der Waals surface area contributed by atoms with Crippen LogP contribution in [0.3, 0.4) is 0 Å². The molecule has 0 N–H and O–H groups in total. The van der Waals surface area contributed by atoms with Crippen LogP contribution in [0.4, 0.5) is 0 Å². The van der Waals surface area contributed by atoms with Crippen LogP contribution >= 0.6 is 0 Å². The Morgan fingerprint density at radius 3 is 3.00 bits per heavy atom. The first kappa shape index (κ1) is 15.0. The summed E-state index contributed by atoms with van der Waals surface area (Å²) in [4.78, 5) is 10.5. The molecule has 5 heteroatoms. The predicted octanol–water partition coefficient (Wildman–Crippen LogP) is 2.86. The van der Waals surface area contributed by atoms with Crippen LogP contribution in [0.25, 0.3) is 0 Å². The molecular formula is C16H19N3O2. The fourth-order valence-corrected chi connectivity index (χ4v) is 1.90. The number of aromatic nitrogens is 3. The zero-order valence-corrected chi connectivity index (χ0v) is 12.2. The van der Waals surface area contributed by atoms with Crippen molar-refractivity contribution in [3.05, 3.63) is 35.5 Å². The van der Waals surface area contributed by atoms with Crippen molar-refractivity contribution in [2.75, 3.05) is 0 Å². The van der Waals surface area contributed by atoms with E-state index in [1.54, 1.807) is 16.8 Å². The van der Waals surface area contributed by atoms with Gasteiger partial charge in [0.2, 0.25) is 0 Å². The summed E-state index contributed by atoms with van der Waals surface area (Å²) in [5.41, 5.74) is 0.847. The minimum atomic E-state index is 0.322. The third-order valence-electron chi connectivity index (χ3n) is 3.00. The number of furan rings is 1. The molecule has 0 aliphatic rings. The fourth-order valence-electron chi connectivity index (χ4n) is 1.90. The second-order valence-corrected chi connectivity index (χ2v) is 4.82. The normalized spacial score (nSPS) is 10.1. The lowest BCUT2D eigenvalue weighted by Crippen LogP contribution is -1.98. The summed E-state index contributed by atoms with van der Waals surface area (Å²) in [6, 6.07) is 3.40. The molecule has 0 radical (unpaired) electrons. The Morgan fingerprint density at radius 2 is 2.24 bits per heavy atom. The number of nitrogens with zero attached hydrogens (tertiary/aromatic N) is 3. The maximum absolute atomic E-state index is 10.5. The van der Waals surface area contributed by atoms with E-state index in [0.29, 0.717) is 30.8 Å². The number of hydrogen-bond donors (Lipinski definition) is 0. The molecule has 0 aromatic carbocycles. The van der Waals surface area contributed by atoms with Gasteiger partial charge in [0, 0.05) is 12.6 Å². The summed E-state index contributed by atoms with van der Waals surface area (Å²) in [6.45, 7) is 2.65. The molecule has 0 amide bonds. The Hall–Kier alpha value is -2.35. The van der Waals surface area contributed by atoms with E-state index < -0.39 is 0 Å². The molecule has 0 aliphatic heterocycles. The van der Waals surface area contributed by atoms with Gasteiger partial charge in [0.25, 0.3) is 0 Å². The maximum Gasteiger partial charge on any atom is 0.185 e. The van der Waals surface area contributed by atoms with Crippen molar-refractivity contribution in [3.63, 3.8) is 0 Å². The van der Waals surface area contributed by atoms with Gasteiger partial charge in [-0.3, -0.25) is 4.79 Å². The summed E-state index contributed by atoms with van der Waals surface area (Å²) < 4.78 is 6.98. The molecule has 21 heavy (non-hydrogen) atoms. The average molecular weight is 285 g/mol. The smallest absolute Gasteiger partial charge is 0.185 e. The minimum absolute atomic E-state index is 0.322. The third-order valence-corrected chi connectivity index (χ3v) is 3.00. The van der Waals surface area contributed by atoms with Crippen LogP contribution < -0.4 is 0 Å². The molecule has 0 unspecified atom stereocenters. The minimum Gasteiger partial charge on any atom is -0.456 e. The van der Waals surface area contributed by atoms with Crippen LogP contribution in [0.1, 0.15) is 54.6 Å². The highest BCUT2D eigenvalue weighted by molar-refractivity contribution is 5.70. The molecular weight excluding hydrogens is 266 g/mol. The predicted molar refractivity (Wildman–Crippen MR) is 78.8 cm³/mol. The van der Waals surface area contributed by atoms with E-state index in [0.717, 1.165) is 18.5 Å². The molecule has 2 rings (SSSR count). The highest BCUT2D eigenvalue weighted by Gasteiger charge is 2.04. The van der Waals surface area contributed by atoms with Gasteiger partial charge in [0.15, 0.2) is 12.0 Å². The number of aldehydes is 1. The second-order valence-electron chi connectivity index (χ2n) is 4.82. The Labute approximate surface area is 124 Å². The number of hydrogen-bond acceptors (Lipinski definition) is 4. The molecule has 2 heterocycles. The van der Waals surface area contributed by atoms with Crippen molar-refractivity contribution in [2.45, 2.75) is 45.6 Å².